The summed E-state index contributed by atoms with van der Waals surface area (Å²) < 4.78 is 10.9. The largest absolute Gasteiger partial charge is 0.487 e. The molecule has 0 saturated carbocycles. The molecule has 1 heterocycles. The summed E-state index contributed by atoms with van der Waals surface area (Å²) >= 11 is 0. The molecule has 0 atom stereocenters. The molecule has 0 aliphatic carbocycles. The topological polar surface area (TPSA) is 43.4 Å². The Hall–Kier alpha value is -2.07. The van der Waals surface area contributed by atoms with Gasteiger partial charge in [-0.05, 0) is 23.8 Å². The lowest BCUT2D eigenvalue weighted by molar-refractivity contribution is 0.297. The standard InChI is InChI=1S/C17H22N2O2/c1-13(2)18-11-14-6-4-8-16(10-14)21-12-15-7-5-9-17(19-15)20-3/h4-10,13,18H,11-12H2,1-3H3. The Labute approximate surface area is 126 Å². The van der Waals surface area contributed by atoms with Crippen LogP contribution in [0.4, 0.5) is 0 Å². The molecule has 4 heteroatoms. The number of benzene rings is 1. The molecule has 1 aromatic carbocycles. The predicted octanol–water partition coefficient (Wildman–Crippen LogP) is 3.17. The first-order valence-electron chi connectivity index (χ1n) is 7.12. The molecule has 2 rings (SSSR count). The SMILES string of the molecule is COc1cccc(COc2cccc(CNC(C)C)c2)n1. The molecule has 0 fully saturated rings. The normalized spacial score (nSPS) is 10.7. The molecule has 0 aliphatic heterocycles. The highest BCUT2D eigenvalue weighted by atomic mass is 16.5. The molecule has 112 valence electrons. The van der Waals surface area contributed by atoms with Crippen LogP contribution in [0.1, 0.15) is 25.1 Å². The van der Waals surface area contributed by atoms with Crippen molar-refractivity contribution in [3.63, 3.8) is 0 Å². The van der Waals surface area contributed by atoms with Crippen molar-refractivity contribution >= 4 is 0 Å². The second-order valence-corrected chi connectivity index (χ2v) is 5.14. The van der Waals surface area contributed by atoms with Crippen molar-refractivity contribution < 1.29 is 9.47 Å². The van der Waals surface area contributed by atoms with Crippen LogP contribution in [0.5, 0.6) is 11.6 Å². The quantitative estimate of drug-likeness (QED) is 0.849. The van der Waals surface area contributed by atoms with Crippen LogP contribution in [-0.4, -0.2) is 18.1 Å². The van der Waals surface area contributed by atoms with Gasteiger partial charge in [0.1, 0.15) is 12.4 Å². The maximum Gasteiger partial charge on any atom is 0.213 e. The number of nitrogens with one attached hydrogen (secondary N) is 1. The fourth-order valence-electron chi connectivity index (χ4n) is 1.88. The highest BCUT2D eigenvalue weighted by Gasteiger charge is 2.01. The van der Waals surface area contributed by atoms with Crippen molar-refractivity contribution in [3.05, 3.63) is 53.7 Å². The van der Waals surface area contributed by atoms with Crippen LogP contribution in [0.25, 0.3) is 0 Å². The van der Waals surface area contributed by atoms with E-state index in [9.17, 15) is 0 Å². The van der Waals surface area contributed by atoms with E-state index < -0.39 is 0 Å². The van der Waals surface area contributed by atoms with E-state index in [-0.39, 0.29) is 0 Å². The summed E-state index contributed by atoms with van der Waals surface area (Å²) in [5, 5.41) is 3.39. The van der Waals surface area contributed by atoms with Gasteiger partial charge in [0.25, 0.3) is 0 Å². The van der Waals surface area contributed by atoms with Gasteiger partial charge in [-0.1, -0.05) is 32.0 Å². The highest BCUT2D eigenvalue weighted by Crippen LogP contribution is 2.15. The van der Waals surface area contributed by atoms with E-state index in [1.165, 1.54) is 5.56 Å². The van der Waals surface area contributed by atoms with Crippen molar-refractivity contribution in [3.8, 4) is 11.6 Å². The second kappa shape index (κ2) is 7.64. The van der Waals surface area contributed by atoms with E-state index >= 15 is 0 Å². The van der Waals surface area contributed by atoms with Gasteiger partial charge in [-0.3, -0.25) is 0 Å². The van der Waals surface area contributed by atoms with Gasteiger partial charge in [0.15, 0.2) is 0 Å². The number of ether oxygens (including phenoxy) is 2. The fraction of sp³-hybridized carbons (Fsp3) is 0.353. The summed E-state index contributed by atoms with van der Waals surface area (Å²) in [5.74, 6) is 1.45. The predicted molar refractivity (Wildman–Crippen MR) is 83.5 cm³/mol. The van der Waals surface area contributed by atoms with Gasteiger partial charge in [-0.15, -0.1) is 0 Å². The van der Waals surface area contributed by atoms with Crippen molar-refractivity contribution in [1.29, 1.82) is 0 Å². The number of hydrogen-bond acceptors (Lipinski definition) is 4. The molecule has 1 N–H and O–H groups in total. The van der Waals surface area contributed by atoms with Crippen molar-refractivity contribution in [2.75, 3.05) is 7.11 Å². The molecule has 1 aromatic heterocycles. The van der Waals surface area contributed by atoms with Crippen molar-refractivity contribution in [2.24, 2.45) is 0 Å². The number of pyridine rings is 1. The van der Waals surface area contributed by atoms with Crippen LogP contribution in [0, 0.1) is 0 Å². The zero-order valence-corrected chi connectivity index (χ0v) is 12.8. The minimum atomic E-state index is 0.429. The molecule has 2 aromatic rings. The van der Waals surface area contributed by atoms with E-state index in [0.717, 1.165) is 18.0 Å². The number of rotatable bonds is 7. The molecule has 0 bridgehead atoms. The van der Waals surface area contributed by atoms with Gasteiger partial charge in [0, 0.05) is 18.7 Å². The zero-order chi connectivity index (χ0) is 15.1. The maximum absolute atomic E-state index is 5.79. The van der Waals surface area contributed by atoms with Crippen LogP contribution >= 0.6 is 0 Å². The summed E-state index contributed by atoms with van der Waals surface area (Å²) in [6, 6.07) is 14.2. The van der Waals surface area contributed by atoms with Gasteiger partial charge in [0.2, 0.25) is 5.88 Å². The molecule has 0 amide bonds. The maximum atomic E-state index is 5.79. The number of hydrogen-bond donors (Lipinski definition) is 1. The average molecular weight is 286 g/mol. The summed E-state index contributed by atoms with van der Waals surface area (Å²) in [6.45, 7) is 5.54. The lowest BCUT2D eigenvalue weighted by Gasteiger charge is -2.10. The molecule has 0 radical (unpaired) electrons. The van der Waals surface area contributed by atoms with Gasteiger partial charge < -0.3 is 14.8 Å². The van der Waals surface area contributed by atoms with Crippen LogP contribution in [-0.2, 0) is 13.2 Å². The van der Waals surface area contributed by atoms with E-state index in [2.05, 4.69) is 36.3 Å². The fourth-order valence-corrected chi connectivity index (χ4v) is 1.88. The van der Waals surface area contributed by atoms with Crippen molar-refractivity contribution in [1.82, 2.24) is 10.3 Å². The molecule has 4 nitrogen and oxygen atoms in total. The summed E-state index contributed by atoms with van der Waals surface area (Å²) in [5.41, 5.74) is 2.06. The second-order valence-electron chi connectivity index (χ2n) is 5.14. The van der Waals surface area contributed by atoms with Gasteiger partial charge in [0.05, 0.1) is 12.8 Å². The zero-order valence-electron chi connectivity index (χ0n) is 12.8. The van der Waals surface area contributed by atoms with Crippen molar-refractivity contribution in [2.45, 2.75) is 33.0 Å². The van der Waals surface area contributed by atoms with E-state index in [1.54, 1.807) is 7.11 Å². The molecule has 0 saturated heterocycles. The Kier molecular flexibility index (Phi) is 5.58. The Balaban J connectivity index is 1.94. The van der Waals surface area contributed by atoms with E-state index in [1.807, 2.05) is 30.3 Å². The van der Waals surface area contributed by atoms with E-state index in [0.29, 0.717) is 18.5 Å². The smallest absolute Gasteiger partial charge is 0.213 e. The van der Waals surface area contributed by atoms with E-state index in [4.69, 9.17) is 9.47 Å². The van der Waals surface area contributed by atoms with Crippen LogP contribution in [0.2, 0.25) is 0 Å². The third-order valence-electron chi connectivity index (χ3n) is 2.99. The molecule has 0 spiro atoms. The third-order valence-corrected chi connectivity index (χ3v) is 2.99. The summed E-state index contributed by atoms with van der Waals surface area (Å²) in [4.78, 5) is 4.33. The molecule has 0 aliphatic rings. The van der Waals surface area contributed by atoms with Gasteiger partial charge in [-0.25, -0.2) is 4.98 Å². The monoisotopic (exact) mass is 286 g/mol. The molecule has 21 heavy (non-hydrogen) atoms. The Bertz CT molecular complexity index is 570. The van der Waals surface area contributed by atoms with Crippen LogP contribution in [0.3, 0.4) is 0 Å². The van der Waals surface area contributed by atoms with Crippen LogP contribution in [0.15, 0.2) is 42.5 Å². The molecular weight excluding hydrogens is 264 g/mol. The first kappa shape index (κ1) is 15.3. The lowest BCUT2D eigenvalue weighted by atomic mass is 10.2. The Morgan fingerprint density at radius 1 is 1.14 bits per heavy atom. The molecule has 0 unspecified atom stereocenters. The minimum absolute atomic E-state index is 0.429. The first-order chi connectivity index (χ1) is 10.2. The Morgan fingerprint density at radius 2 is 1.95 bits per heavy atom. The van der Waals surface area contributed by atoms with Gasteiger partial charge in [-0.2, -0.15) is 0 Å². The summed E-state index contributed by atoms with van der Waals surface area (Å²) in [7, 11) is 1.61. The number of aromatic nitrogens is 1. The average Bonchev–Trinajstić information content (AvgIpc) is 2.51. The molecular formula is C17H22N2O2. The van der Waals surface area contributed by atoms with Gasteiger partial charge >= 0.3 is 0 Å². The highest BCUT2D eigenvalue weighted by molar-refractivity contribution is 5.28. The lowest BCUT2D eigenvalue weighted by Crippen LogP contribution is -2.21. The summed E-state index contributed by atoms with van der Waals surface area (Å²) in [6.07, 6.45) is 0. The number of methoxy groups -OCH3 is 1. The van der Waals surface area contributed by atoms with Crippen LogP contribution < -0.4 is 14.8 Å². The minimum Gasteiger partial charge on any atom is -0.487 e. The first-order valence-corrected chi connectivity index (χ1v) is 7.12. The Morgan fingerprint density at radius 3 is 2.71 bits per heavy atom. The number of nitrogens with zero attached hydrogens (tertiary/aromatic N) is 1. The third kappa shape index (κ3) is 5.08.